The van der Waals surface area contributed by atoms with Gasteiger partial charge in [-0.25, -0.2) is 0 Å². The largest absolute Gasteiger partial charge is 0.384 e. The third-order valence-electron chi connectivity index (χ3n) is 4.04. The first-order valence-electron chi connectivity index (χ1n) is 7.80. The van der Waals surface area contributed by atoms with Gasteiger partial charge >= 0.3 is 0 Å². The Balaban J connectivity index is 2.30. The summed E-state index contributed by atoms with van der Waals surface area (Å²) in [6.07, 6.45) is 10.9. The quantitative estimate of drug-likeness (QED) is 0.828. The fraction of sp³-hybridized carbons (Fsp3) is 0.706. The summed E-state index contributed by atoms with van der Waals surface area (Å²) in [6, 6.07) is 0. The van der Waals surface area contributed by atoms with E-state index in [9.17, 15) is 5.11 Å². The summed E-state index contributed by atoms with van der Waals surface area (Å²) in [7, 11) is 1.93. The lowest BCUT2D eigenvalue weighted by Crippen LogP contribution is -2.17. The number of aliphatic hydroxyl groups is 1. The van der Waals surface area contributed by atoms with Gasteiger partial charge in [-0.3, -0.25) is 4.68 Å². The second kappa shape index (κ2) is 6.13. The minimum atomic E-state index is -0.490. The van der Waals surface area contributed by atoms with Crippen LogP contribution in [0.15, 0.2) is 17.8 Å². The highest BCUT2D eigenvalue weighted by Crippen LogP contribution is 2.34. The maximum atomic E-state index is 10.8. The first-order chi connectivity index (χ1) is 9.39. The summed E-state index contributed by atoms with van der Waals surface area (Å²) in [4.78, 5) is 0. The van der Waals surface area contributed by atoms with Crippen LogP contribution >= 0.6 is 0 Å². The molecule has 112 valence electrons. The molecule has 3 heteroatoms. The SMILES string of the molecule is Cn1cc(C(O)/C2=C/CCCCCC2)c(C(C)(C)C)n1. The zero-order chi connectivity index (χ0) is 14.8. The highest BCUT2D eigenvalue weighted by Gasteiger charge is 2.27. The van der Waals surface area contributed by atoms with Crippen molar-refractivity contribution in [2.75, 3.05) is 0 Å². The number of allylic oxidation sites excluding steroid dienone is 1. The van der Waals surface area contributed by atoms with E-state index in [1.165, 1.54) is 31.3 Å². The highest BCUT2D eigenvalue weighted by atomic mass is 16.3. The molecule has 1 aromatic rings. The molecule has 2 rings (SSSR count). The predicted octanol–water partition coefficient (Wildman–Crippen LogP) is 4.03. The summed E-state index contributed by atoms with van der Waals surface area (Å²) >= 11 is 0. The number of nitrogens with zero attached hydrogens (tertiary/aromatic N) is 2. The number of hydrogen-bond donors (Lipinski definition) is 1. The zero-order valence-electron chi connectivity index (χ0n) is 13.3. The van der Waals surface area contributed by atoms with Crippen molar-refractivity contribution in [3.05, 3.63) is 29.1 Å². The first kappa shape index (κ1) is 15.3. The van der Waals surface area contributed by atoms with E-state index in [0.717, 1.165) is 24.1 Å². The number of aromatic nitrogens is 2. The van der Waals surface area contributed by atoms with Crippen LogP contribution in [0.2, 0.25) is 0 Å². The fourth-order valence-electron chi connectivity index (χ4n) is 2.95. The van der Waals surface area contributed by atoms with Gasteiger partial charge in [0, 0.05) is 24.2 Å². The van der Waals surface area contributed by atoms with Crippen molar-refractivity contribution in [1.82, 2.24) is 9.78 Å². The molecule has 20 heavy (non-hydrogen) atoms. The van der Waals surface area contributed by atoms with Gasteiger partial charge in [-0.05, 0) is 31.3 Å². The Morgan fingerprint density at radius 2 is 1.90 bits per heavy atom. The summed E-state index contributed by atoms with van der Waals surface area (Å²) < 4.78 is 1.82. The molecular formula is C17H28N2O. The lowest BCUT2D eigenvalue weighted by atomic mass is 9.85. The average Bonchev–Trinajstić information content (AvgIpc) is 2.70. The van der Waals surface area contributed by atoms with Gasteiger partial charge in [-0.1, -0.05) is 39.7 Å². The van der Waals surface area contributed by atoms with Crippen molar-refractivity contribution in [1.29, 1.82) is 0 Å². The van der Waals surface area contributed by atoms with Gasteiger partial charge in [-0.2, -0.15) is 5.10 Å². The predicted molar refractivity (Wildman–Crippen MR) is 82.7 cm³/mol. The second-order valence-corrected chi connectivity index (χ2v) is 6.99. The molecule has 0 fully saturated rings. The Kier molecular flexibility index (Phi) is 4.69. The van der Waals surface area contributed by atoms with E-state index < -0.39 is 6.10 Å². The maximum absolute atomic E-state index is 10.8. The second-order valence-electron chi connectivity index (χ2n) is 6.99. The number of hydrogen-bond acceptors (Lipinski definition) is 2. The summed E-state index contributed by atoms with van der Waals surface area (Å²) in [5.41, 5.74) is 3.13. The summed E-state index contributed by atoms with van der Waals surface area (Å²) in [5, 5.41) is 15.4. The van der Waals surface area contributed by atoms with Crippen LogP contribution in [-0.4, -0.2) is 14.9 Å². The molecule has 1 aliphatic rings. The molecule has 1 unspecified atom stereocenters. The Morgan fingerprint density at radius 3 is 2.60 bits per heavy atom. The molecule has 1 heterocycles. The molecule has 0 saturated carbocycles. The van der Waals surface area contributed by atoms with Crippen molar-refractivity contribution in [2.24, 2.45) is 7.05 Å². The van der Waals surface area contributed by atoms with E-state index in [0.29, 0.717) is 0 Å². The molecule has 0 aromatic carbocycles. The molecule has 0 bridgehead atoms. The fourth-order valence-corrected chi connectivity index (χ4v) is 2.95. The topological polar surface area (TPSA) is 38.0 Å². The van der Waals surface area contributed by atoms with Gasteiger partial charge in [0.15, 0.2) is 0 Å². The average molecular weight is 276 g/mol. The molecular weight excluding hydrogens is 248 g/mol. The van der Waals surface area contributed by atoms with Gasteiger partial charge in [0.1, 0.15) is 6.10 Å². The molecule has 0 spiro atoms. The Morgan fingerprint density at radius 1 is 1.20 bits per heavy atom. The lowest BCUT2D eigenvalue weighted by Gasteiger charge is -2.22. The van der Waals surface area contributed by atoms with Crippen molar-refractivity contribution in [2.45, 2.75) is 70.8 Å². The van der Waals surface area contributed by atoms with E-state index in [1.807, 2.05) is 17.9 Å². The maximum Gasteiger partial charge on any atom is 0.103 e. The van der Waals surface area contributed by atoms with E-state index >= 15 is 0 Å². The van der Waals surface area contributed by atoms with Gasteiger partial charge in [0.25, 0.3) is 0 Å². The first-order valence-corrected chi connectivity index (χ1v) is 7.80. The Hall–Kier alpha value is -1.09. The van der Waals surface area contributed by atoms with Crippen LogP contribution in [-0.2, 0) is 12.5 Å². The number of aliphatic hydroxyl groups excluding tert-OH is 1. The van der Waals surface area contributed by atoms with Crippen LogP contribution in [0.1, 0.15) is 76.7 Å². The van der Waals surface area contributed by atoms with Crippen LogP contribution in [0.25, 0.3) is 0 Å². The van der Waals surface area contributed by atoms with E-state index in [1.54, 1.807) is 0 Å². The van der Waals surface area contributed by atoms with Crippen LogP contribution in [0.4, 0.5) is 0 Å². The minimum Gasteiger partial charge on any atom is -0.384 e. The Bertz CT molecular complexity index is 480. The normalized spacial score (nSPS) is 21.8. The molecule has 1 aromatic heterocycles. The summed E-state index contributed by atoms with van der Waals surface area (Å²) in [6.45, 7) is 6.45. The van der Waals surface area contributed by atoms with Crippen molar-refractivity contribution < 1.29 is 5.11 Å². The standard InChI is InChI=1S/C17H28N2O/c1-17(2,3)16-14(12-19(4)18-16)15(20)13-10-8-6-5-7-9-11-13/h10,12,15,20H,5-9,11H2,1-4H3/b13-10+. The Labute approximate surface area is 122 Å². The van der Waals surface area contributed by atoms with Crippen molar-refractivity contribution >= 4 is 0 Å². The van der Waals surface area contributed by atoms with Crippen LogP contribution < -0.4 is 0 Å². The van der Waals surface area contributed by atoms with Crippen LogP contribution in [0.5, 0.6) is 0 Å². The number of rotatable bonds is 2. The zero-order valence-corrected chi connectivity index (χ0v) is 13.3. The van der Waals surface area contributed by atoms with Crippen molar-refractivity contribution in [3.8, 4) is 0 Å². The molecule has 1 aliphatic carbocycles. The van der Waals surface area contributed by atoms with Gasteiger partial charge in [0.05, 0.1) is 5.69 Å². The summed E-state index contributed by atoms with van der Waals surface area (Å²) in [5.74, 6) is 0. The molecule has 0 radical (unpaired) electrons. The third kappa shape index (κ3) is 3.51. The van der Waals surface area contributed by atoms with Crippen LogP contribution in [0, 0.1) is 0 Å². The molecule has 0 saturated heterocycles. The molecule has 0 amide bonds. The monoisotopic (exact) mass is 276 g/mol. The lowest BCUT2D eigenvalue weighted by molar-refractivity contribution is 0.206. The van der Waals surface area contributed by atoms with E-state index in [2.05, 4.69) is 31.9 Å². The molecule has 1 atom stereocenters. The molecule has 3 nitrogen and oxygen atoms in total. The van der Waals surface area contributed by atoms with Crippen molar-refractivity contribution in [3.63, 3.8) is 0 Å². The molecule has 0 aliphatic heterocycles. The molecule has 1 N–H and O–H groups in total. The van der Waals surface area contributed by atoms with Gasteiger partial charge in [-0.15, -0.1) is 0 Å². The van der Waals surface area contributed by atoms with E-state index in [-0.39, 0.29) is 5.41 Å². The van der Waals surface area contributed by atoms with Gasteiger partial charge in [0.2, 0.25) is 0 Å². The van der Waals surface area contributed by atoms with Gasteiger partial charge < -0.3 is 5.11 Å². The highest BCUT2D eigenvalue weighted by molar-refractivity contribution is 5.32. The number of aryl methyl sites for hydroxylation is 1. The van der Waals surface area contributed by atoms with E-state index in [4.69, 9.17) is 0 Å². The smallest absolute Gasteiger partial charge is 0.103 e. The van der Waals surface area contributed by atoms with Crippen LogP contribution in [0.3, 0.4) is 0 Å². The minimum absolute atomic E-state index is 0.0419. The third-order valence-corrected chi connectivity index (χ3v) is 4.04.